The maximum absolute atomic E-state index is 15.4. The maximum Gasteiger partial charge on any atom is 0.254 e. The molecule has 2 aliphatic heterocycles. The largest absolute Gasteiger partial charge is 0.333 e. The lowest BCUT2D eigenvalue weighted by Crippen LogP contribution is -2.50. The molecule has 1 amide bonds. The summed E-state index contributed by atoms with van der Waals surface area (Å²) < 4.78 is 46.3. The van der Waals surface area contributed by atoms with Gasteiger partial charge in [0.15, 0.2) is 11.6 Å². The highest BCUT2D eigenvalue weighted by atomic mass is 19.2. The summed E-state index contributed by atoms with van der Waals surface area (Å²) in [6, 6.07) is 12.0. The number of halogens is 3. The predicted octanol–water partition coefficient (Wildman–Crippen LogP) is 4.69. The normalized spacial score (nSPS) is 20.6. The Morgan fingerprint density at radius 2 is 1.74 bits per heavy atom. The van der Waals surface area contributed by atoms with Crippen LogP contribution in [0.2, 0.25) is 0 Å². The molecule has 0 aliphatic carbocycles. The molecule has 2 saturated heterocycles. The highest BCUT2D eigenvalue weighted by molar-refractivity contribution is 5.99. The van der Waals surface area contributed by atoms with Crippen molar-refractivity contribution >= 4 is 16.9 Å². The second kappa shape index (κ2) is 8.96. The Labute approximate surface area is 216 Å². The van der Waals surface area contributed by atoms with E-state index in [0.717, 1.165) is 36.4 Å². The Kier molecular flexibility index (Phi) is 5.69. The summed E-state index contributed by atoms with van der Waals surface area (Å²) in [4.78, 5) is 15.6. The van der Waals surface area contributed by atoms with E-state index in [9.17, 15) is 9.18 Å². The minimum atomic E-state index is -1.11. The van der Waals surface area contributed by atoms with Gasteiger partial charge < -0.3 is 10.6 Å². The van der Waals surface area contributed by atoms with Gasteiger partial charge in [-0.1, -0.05) is 17.3 Å². The molecule has 3 aromatic carbocycles. The molecule has 3 heterocycles. The van der Waals surface area contributed by atoms with Crippen LogP contribution in [0.4, 0.5) is 13.2 Å². The fourth-order valence-electron chi connectivity index (χ4n) is 5.97. The Morgan fingerprint density at radius 1 is 1.00 bits per heavy atom. The van der Waals surface area contributed by atoms with Crippen molar-refractivity contribution in [2.45, 2.75) is 43.8 Å². The summed E-state index contributed by atoms with van der Waals surface area (Å²) >= 11 is 0. The molecule has 2 N–H and O–H groups in total. The van der Waals surface area contributed by atoms with Crippen molar-refractivity contribution in [3.8, 4) is 28.3 Å². The molecule has 2 aliphatic rings. The maximum atomic E-state index is 15.4. The SMILES string of the molecule is Cn1nnc2cc(-c3ccc(C(=O)N4[C@@H]5CC[C@H]4CC(N)C5)cc3-c3ccc(C#N)c(F)c3)c(F)c(F)c21. The summed E-state index contributed by atoms with van der Waals surface area (Å²) in [5.41, 5.74) is 7.23. The Hall–Kier alpha value is -4.23. The van der Waals surface area contributed by atoms with Gasteiger partial charge in [-0.25, -0.2) is 17.9 Å². The molecular weight excluding hydrogens is 493 g/mol. The van der Waals surface area contributed by atoms with Gasteiger partial charge in [0.1, 0.15) is 22.9 Å². The van der Waals surface area contributed by atoms with Gasteiger partial charge in [-0.15, -0.1) is 5.10 Å². The molecule has 2 fully saturated rings. The third kappa shape index (κ3) is 3.73. The van der Waals surface area contributed by atoms with Crippen LogP contribution in [0.3, 0.4) is 0 Å². The number of piperidine rings is 1. The van der Waals surface area contributed by atoms with Crippen LogP contribution < -0.4 is 5.73 Å². The summed E-state index contributed by atoms with van der Waals surface area (Å²) in [6.45, 7) is 0. The summed E-state index contributed by atoms with van der Waals surface area (Å²) in [5, 5.41) is 16.9. The minimum Gasteiger partial charge on any atom is -0.333 e. The molecule has 3 atom stereocenters. The molecule has 2 bridgehead atoms. The molecular formula is C28H23F3N6O. The third-order valence-corrected chi connectivity index (χ3v) is 7.73. The number of nitriles is 1. The van der Waals surface area contributed by atoms with E-state index in [4.69, 9.17) is 11.0 Å². The van der Waals surface area contributed by atoms with E-state index in [0.29, 0.717) is 16.7 Å². The number of nitrogens with two attached hydrogens (primary N) is 1. The lowest BCUT2D eigenvalue weighted by atomic mass is 9.90. The van der Waals surface area contributed by atoms with Crippen molar-refractivity contribution in [2.24, 2.45) is 12.8 Å². The van der Waals surface area contributed by atoms with E-state index in [1.54, 1.807) is 18.2 Å². The van der Waals surface area contributed by atoms with Crippen molar-refractivity contribution in [1.82, 2.24) is 19.9 Å². The number of aryl methyl sites for hydroxylation is 1. The van der Waals surface area contributed by atoms with Gasteiger partial charge in [0.25, 0.3) is 5.91 Å². The fraction of sp³-hybridized carbons (Fsp3) is 0.286. The van der Waals surface area contributed by atoms with E-state index < -0.39 is 17.5 Å². The standard InChI is InChI=1S/C28H23F3N6O/c1-36-27-24(34-35-36)12-22(25(30)26(27)31)20-7-4-15(8-21(20)14-2-3-16(13-32)23(29)9-14)28(38)37-18-5-6-19(37)11-17(33)10-18/h2-4,7-9,12,17-19H,5-6,10-11,33H2,1H3/t17?,18-,19+. The lowest BCUT2D eigenvalue weighted by Gasteiger charge is -2.38. The second-order valence-corrected chi connectivity index (χ2v) is 10.0. The van der Waals surface area contributed by atoms with Crippen LogP contribution in [0.15, 0.2) is 42.5 Å². The second-order valence-electron chi connectivity index (χ2n) is 10.0. The summed E-state index contributed by atoms with van der Waals surface area (Å²) in [5.74, 6) is -3.15. The Morgan fingerprint density at radius 3 is 2.42 bits per heavy atom. The van der Waals surface area contributed by atoms with Crippen molar-refractivity contribution < 1.29 is 18.0 Å². The van der Waals surface area contributed by atoms with Gasteiger partial charge in [-0.05, 0) is 72.7 Å². The smallest absolute Gasteiger partial charge is 0.254 e. The monoisotopic (exact) mass is 516 g/mol. The average molecular weight is 517 g/mol. The minimum absolute atomic E-state index is 0.0531. The molecule has 1 unspecified atom stereocenters. The van der Waals surface area contributed by atoms with E-state index in [-0.39, 0.29) is 51.8 Å². The number of rotatable bonds is 3. The average Bonchev–Trinajstić information content (AvgIpc) is 3.41. The van der Waals surface area contributed by atoms with Crippen LogP contribution in [0, 0.1) is 28.8 Å². The van der Waals surface area contributed by atoms with Gasteiger partial charge in [0.05, 0.1) is 5.56 Å². The highest BCUT2D eigenvalue weighted by Crippen LogP contribution is 2.40. The summed E-state index contributed by atoms with van der Waals surface area (Å²) in [7, 11) is 1.46. The van der Waals surface area contributed by atoms with Crippen molar-refractivity contribution in [1.29, 1.82) is 5.26 Å². The quantitative estimate of drug-likeness (QED) is 0.426. The number of benzene rings is 3. The van der Waals surface area contributed by atoms with Crippen LogP contribution in [-0.4, -0.2) is 43.9 Å². The first kappa shape index (κ1) is 24.1. The van der Waals surface area contributed by atoms with Gasteiger partial charge in [-0.2, -0.15) is 5.26 Å². The number of amides is 1. The zero-order valence-corrected chi connectivity index (χ0v) is 20.5. The Bertz CT molecular complexity index is 1640. The Balaban J connectivity index is 1.52. The molecule has 1 aromatic heterocycles. The topological polar surface area (TPSA) is 101 Å². The van der Waals surface area contributed by atoms with Gasteiger partial charge >= 0.3 is 0 Å². The number of hydrogen-bond acceptors (Lipinski definition) is 5. The zero-order valence-electron chi connectivity index (χ0n) is 20.5. The number of nitrogens with zero attached hydrogens (tertiary/aromatic N) is 5. The number of hydrogen-bond donors (Lipinski definition) is 1. The van der Waals surface area contributed by atoms with Crippen molar-refractivity contribution in [3.05, 3.63) is 71.0 Å². The molecule has 0 radical (unpaired) electrons. The van der Waals surface area contributed by atoms with Crippen LogP contribution in [0.1, 0.15) is 41.6 Å². The van der Waals surface area contributed by atoms with Crippen LogP contribution >= 0.6 is 0 Å². The highest BCUT2D eigenvalue weighted by Gasteiger charge is 2.42. The first-order valence-corrected chi connectivity index (χ1v) is 12.4. The molecule has 6 rings (SSSR count). The molecule has 0 saturated carbocycles. The predicted molar refractivity (Wildman–Crippen MR) is 134 cm³/mol. The number of carbonyl (C=O) groups excluding carboxylic acids is 1. The van der Waals surface area contributed by atoms with Crippen LogP contribution in [0.25, 0.3) is 33.3 Å². The van der Waals surface area contributed by atoms with E-state index in [2.05, 4.69) is 10.3 Å². The number of carbonyl (C=O) groups is 1. The van der Waals surface area contributed by atoms with Crippen molar-refractivity contribution in [3.63, 3.8) is 0 Å². The van der Waals surface area contributed by atoms with E-state index in [1.807, 2.05) is 4.90 Å². The van der Waals surface area contributed by atoms with Gasteiger partial charge in [-0.3, -0.25) is 4.79 Å². The summed E-state index contributed by atoms with van der Waals surface area (Å²) in [6.07, 6.45) is 3.24. The van der Waals surface area contributed by atoms with E-state index in [1.165, 1.54) is 31.3 Å². The van der Waals surface area contributed by atoms with Gasteiger partial charge in [0.2, 0.25) is 0 Å². The molecule has 38 heavy (non-hydrogen) atoms. The molecule has 7 nitrogen and oxygen atoms in total. The molecule has 10 heteroatoms. The third-order valence-electron chi connectivity index (χ3n) is 7.73. The molecule has 4 aromatic rings. The first-order valence-electron chi connectivity index (χ1n) is 12.4. The molecule has 192 valence electrons. The number of fused-ring (bicyclic) bond motifs is 3. The van der Waals surface area contributed by atoms with Crippen molar-refractivity contribution in [2.75, 3.05) is 0 Å². The van der Waals surface area contributed by atoms with Gasteiger partial charge in [0, 0.05) is 36.3 Å². The number of aromatic nitrogens is 3. The lowest BCUT2D eigenvalue weighted by molar-refractivity contribution is 0.0575. The van der Waals surface area contributed by atoms with Crippen LogP contribution in [0.5, 0.6) is 0 Å². The van der Waals surface area contributed by atoms with Crippen LogP contribution in [-0.2, 0) is 7.05 Å². The fourth-order valence-corrected chi connectivity index (χ4v) is 5.97. The zero-order chi connectivity index (χ0) is 26.7. The van der Waals surface area contributed by atoms with E-state index >= 15 is 8.78 Å². The molecule has 0 spiro atoms. The first-order chi connectivity index (χ1) is 18.3.